The van der Waals surface area contributed by atoms with Crippen molar-refractivity contribution in [1.82, 2.24) is 14.9 Å². The van der Waals surface area contributed by atoms with E-state index in [9.17, 15) is 0 Å². The van der Waals surface area contributed by atoms with Gasteiger partial charge in [-0.3, -0.25) is 0 Å². The molecule has 1 aliphatic rings. The van der Waals surface area contributed by atoms with E-state index in [1.165, 1.54) is 37.8 Å². The highest BCUT2D eigenvalue weighted by atomic mass is 15.1. The molecule has 0 amide bonds. The molecular formula is C13H23N3. The van der Waals surface area contributed by atoms with Gasteiger partial charge in [0, 0.05) is 18.3 Å². The van der Waals surface area contributed by atoms with Crippen molar-refractivity contribution in [2.24, 2.45) is 0 Å². The van der Waals surface area contributed by atoms with Crippen molar-refractivity contribution < 1.29 is 0 Å². The topological polar surface area (TPSA) is 29.9 Å². The monoisotopic (exact) mass is 221 g/mol. The van der Waals surface area contributed by atoms with Gasteiger partial charge >= 0.3 is 0 Å². The molecule has 0 aromatic carbocycles. The summed E-state index contributed by atoms with van der Waals surface area (Å²) in [5.41, 5.74) is 1.39. The van der Waals surface area contributed by atoms with Crippen molar-refractivity contribution >= 4 is 0 Å². The molecular weight excluding hydrogens is 198 g/mol. The number of hydrogen-bond donors (Lipinski definition) is 1. The lowest BCUT2D eigenvalue weighted by Gasteiger charge is -2.21. The summed E-state index contributed by atoms with van der Waals surface area (Å²) >= 11 is 0. The summed E-state index contributed by atoms with van der Waals surface area (Å²) in [6.45, 7) is 5.68. The van der Waals surface area contributed by atoms with Gasteiger partial charge in [-0.25, -0.2) is 4.98 Å². The highest BCUT2D eigenvalue weighted by Gasteiger charge is 2.22. The molecule has 0 bridgehead atoms. The molecule has 0 saturated carbocycles. The first kappa shape index (κ1) is 11.6. The Labute approximate surface area is 98.3 Å². The second kappa shape index (κ2) is 5.48. The van der Waals surface area contributed by atoms with Gasteiger partial charge in [0.15, 0.2) is 0 Å². The molecule has 3 nitrogen and oxygen atoms in total. The van der Waals surface area contributed by atoms with Crippen LogP contribution < -0.4 is 5.32 Å². The molecule has 1 aliphatic heterocycles. The van der Waals surface area contributed by atoms with E-state index in [0.29, 0.717) is 12.1 Å². The summed E-state index contributed by atoms with van der Waals surface area (Å²) in [5.74, 6) is 0. The third-order valence-corrected chi connectivity index (χ3v) is 3.60. The Morgan fingerprint density at radius 3 is 3.06 bits per heavy atom. The van der Waals surface area contributed by atoms with E-state index >= 15 is 0 Å². The second-order valence-corrected chi connectivity index (χ2v) is 4.73. The maximum Gasteiger partial charge on any atom is 0.0951 e. The molecule has 2 rings (SSSR count). The van der Waals surface area contributed by atoms with Gasteiger partial charge < -0.3 is 9.88 Å². The summed E-state index contributed by atoms with van der Waals surface area (Å²) in [7, 11) is 0. The Kier molecular flexibility index (Phi) is 3.99. The molecule has 0 aliphatic carbocycles. The summed E-state index contributed by atoms with van der Waals surface area (Å²) in [5, 5.41) is 3.56. The van der Waals surface area contributed by atoms with Crippen LogP contribution >= 0.6 is 0 Å². The van der Waals surface area contributed by atoms with E-state index in [4.69, 9.17) is 0 Å². The number of imidazole rings is 1. The van der Waals surface area contributed by atoms with E-state index < -0.39 is 0 Å². The van der Waals surface area contributed by atoms with Crippen molar-refractivity contribution in [3.8, 4) is 0 Å². The molecule has 16 heavy (non-hydrogen) atoms. The Bertz CT molecular complexity index is 313. The van der Waals surface area contributed by atoms with E-state index in [2.05, 4.69) is 28.7 Å². The summed E-state index contributed by atoms with van der Waals surface area (Å²) in [6, 6.07) is 1.17. The summed E-state index contributed by atoms with van der Waals surface area (Å²) in [6.07, 6.45) is 10.3. The van der Waals surface area contributed by atoms with Crippen LogP contribution in [0.5, 0.6) is 0 Å². The third kappa shape index (κ3) is 2.29. The zero-order valence-corrected chi connectivity index (χ0v) is 10.4. The second-order valence-electron chi connectivity index (χ2n) is 4.73. The van der Waals surface area contributed by atoms with Gasteiger partial charge in [0.25, 0.3) is 0 Å². The molecule has 1 N–H and O–H groups in total. The Morgan fingerprint density at radius 2 is 2.44 bits per heavy atom. The average molecular weight is 221 g/mol. The lowest BCUT2D eigenvalue weighted by Crippen LogP contribution is -2.19. The van der Waals surface area contributed by atoms with Crippen molar-refractivity contribution in [3.05, 3.63) is 18.2 Å². The van der Waals surface area contributed by atoms with E-state index in [1.54, 1.807) is 0 Å². The molecule has 1 aromatic rings. The SMILES string of the molecule is CCCC(CC)n1cncc1[C@@H]1CCCN1. The molecule has 0 spiro atoms. The Morgan fingerprint density at radius 1 is 1.56 bits per heavy atom. The quantitative estimate of drug-likeness (QED) is 0.828. The lowest BCUT2D eigenvalue weighted by atomic mass is 10.1. The van der Waals surface area contributed by atoms with Crippen molar-refractivity contribution in [3.63, 3.8) is 0 Å². The lowest BCUT2D eigenvalue weighted by molar-refractivity contribution is 0.419. The van der Waals surface area contributed by atoms with Gasteiger partial charge in [-0.2, -0.15) is 0 Å². The standard InChI is InChI=1S/C13H23N3/c1-3-6-11(4-2)16-10-14-9-13(16)12-7-5-8-15-12/h9-12,15H,3-8H2,1-2H3/t11?,12-/m0/s1. The smallest absolute Gasteiger partial charge is 0.0951 e. The normalized spacial score (nSPS) is 22.5. The van der Waals surface area contributed by atoms with Crippen LogP contribution in [0.25, 0.3) is 0 Å². The minimum atomic E-state index is 0.536. The minimum Gasteiger partial charge on any atom is -0.330 e. The van der Waals surface area contributed by atoms with Gasteiger partial charge in [-0.1, -0.05) is 20.3 Å². The average Bonchev–Trinajstić information content (AvgIpc) is 2.94. The zero-order chi connectivity index (χ0) is 11.4. The third-order valence-electron chi connectivity index (χ3n) is 3.60. The fourth-order valence-corrected chi connectivity index (χ4v) is 2.70. The predicted octanol–water partition coefficient (Wildman–Crippen LogP) is 3.06. The van der Waals surface area contributed by atoms with Gasteiger partial charge in [0.05, 0.1) is 12.0 Å². The van der Waals surface area contributed by atoms with Gasteiger partial charge in [0.1, 0.15) is 0 Å². The zero-order valence-electron chi connectivity index (χ0n) is 10.4. The van der Waals surface area contributed by atoms with Crippen LogP contribution in [0, 0.1) is 0 Å². The van der Waals surface area contributed by atoms with Gasteiger partial charge in [-0.05, 0) is 32.2 Å². The molecule has 0 radical (unpaired) electrons. The molecule has 1 fully saturated rings. The molecule has 1 aromatic heterocycles. The summed E-state index contributed by atoms with van der Waals surface area (Å²) in [4.78, 5) is 4.34. The number of nitrogens with one attached hydrogen (secondary N) is 1. The molecule has 3 heteroatoms. The van der Waals surface area contributed by atoms with Gasteiger partial charge in [0.2, 0.25) is 0 Å². The van der Waals surface area contributed by atoms with Crippen LogP contribution in [0.2, 0.25) is 0 Å². The first-order valence-electron chi connectivity index (χ1n) is 6.61. The molecule has 1 saturated heterocycles. The van der Waals surface area contributed by atoms with Crippen LogP contribution in [0.3, 0.4) is 0 Å². The highest BCUT2D eigenvalue weighted by Crippen LogP contribution is 2.27. The van der Waals surface area contributed by atoms with E-state index in [-0.39, 0.29) is 0 Å². The molecule has 2 atom stereocenters. The van der Waals surface area contributed by atoms with Crippen LogP contribution in [-0.4, -0.2) is 16.1 Å². The maximum atomic E-state index is 4.34. The first-order valence-corrected chi connectivity index (χ1v) is 6.61. The van der Waals surface area contributed by atoms with Crippen molar-refractivity contribution in [2.45, 2.75) is 58.0 Å². The molecule has 2 heterocycles. The number of nitrogens with zero attached hydrogens (tertiary/aromatic N) is 2. The van der Waals surface area contributed by atoms with E-state index in [0.717, 1.165) is 6.54 Å². The summed E-state index contributed by atoms with van der Waals surface area (Å²) < 4.78 is 2.40. The molecule has 90 valence electrons. The fourth-order valence-electron chi connectivity index (χ4n) is 2.70. The highest BCUT2D eigenvalue weighted by molar-refractivity contribution is 5.08. The Hall–Kier alpha value is -0.830. The number of aromatic nitrogens is 2. The Balaban J connectivity index is 2.16. The largest absolute Gasteiger partial charge is 0.330 e. The minimum absolute atomic E-state index is 0.536. The van der Waals surface area contributed by atoms with Crippen LogP contribution in [-0.2, 0) is 0 Å². The van der Waals surface area contributed by atoms with Crippen LogP contribution in [0.1, 0.15) is 63.7 Å². The predicted molar refractivity (Wildman–Crippen MR) is 66.4 cm³/mol. The van der Waals surface area contributed by atoms with Crippen molar-refractivity contribution in [1.29, 1.82) is 0 Å². The first-order chi connectivity index (χ1) is 7.86. The number of rotatable bonds is 5. The van der Waals surface area contributed by atoms with Crippen LogP contribution in [0.15, 0.2) is 12.5 Å². The van der Waals surface area contributed by atoms with Crippen molar-refractivity contribution in [2.75, 3.05) is 6.54 Å². The number of hydrogen-bond acceptors (Lipinski definition) is 2. The van der Waals surface area contributed by atoms with Gasteiger partial charge in [-0.15, -0.1) is 0 Å². The van der Waals surface area contributed by atoms with Crippen LogP contribution in [0.4, 0.5) is 0 Å². The maximum absolute atomic E-state index is 4.34. The molecule has 1 unspecified atom stereocenters. The van der Waals surface area contributed by atoms with E-state index in [1.807, 2.05) is 12.5 Å². The fraction of sp³-hybridized carbons (Fsp3) is 0.769.